The lowest BCUT2D eigenvalue weighted by Gasteiger charge is -2.22. The second kappa shape index (κ2) is 6.00. The highest BCUT2D eigenvalue weighted by molar-refractivity contribution is 5.33. The SMILES string of the molecule is CNCC(O)CN1CCOc2ccccc2C1. The average Bonchev–Trinajstić information content (AvgIpc) is 2.50. The average molecular weight is 236 g/mol. The lowest BCUT2D eigenvalue weighted by molar-refractivity contribution is 0.105. The van der Waals surface area contributed by atoms with Crippen molar-refractivity contribution < 1.29 is 9.84 Å². The number of para-hydroxylation sites is 1. The summed E-state index contributed by atoms with van der Waals surface area (Å²) in [6, 6.07) is 8.10. The summed E-state index contributed by atoms with van der Waals surface area (Å²) in [6.45, 7) is 3.69. The molecular weight excluding hydrogens is 216 g/mol. The first-order valence-electron chi connectivity index (χ1n) is 6.05. The van der Waals surface area contributed by atoms with E-state index >= 15 is 0 Å². The van der Waals surface area contributed by atoms with E-state index in [9.17, 15) is 5.11 Å². The number of hydrogen-bond acceptors (Lipinski definition) is 4. The van der Waals surface area contributed by atoms with Crippen LogP contribution < -0.4 is 10.1 Å². The lowest BCUT2D eigenvalue weighted by atomic mass is 10.2. The van der Waals surface area contributed by atoms with E-state index < -0.39 is 0 Å². The van der Waals surface area contributed by atoms with Gasteiger partial charge in [-0.2, -0.15) is 0 Å². The van der Waals surface area contributed by atoms with E-state index in [1.54, 1.807) is 0 Å². The van der Waals surface area contributed by atoms with E-state index in [1.807, 2.05) is 25.2 Å². The molecule has 4 heteroatoms. The molecule has 1 unspecified atom stereocenters. The van der Waals surface area contributed by atoms with Gasteiger partial charge in [-0.25, -0.2) is 0 Å². The van der Waals surface area contributed by atoms with Gasteiger partial charge < -0.3 is 15.2 Å². The number of aliphatic hydroxyl groups excluding tert-OH is 1. The van der Waals surface area contributed by atoms with Gasteiger partial charge in [0.1, 0.15) is 12.4 Å². The predicted octanol–water partition coefficient (Wildman–Crippen LogP) is 0.461. The first kappa shape index (κ1) is 12.4. The fraction of sp³-hybridized carbons (Fsp3) is 0.538. The molecule has 1 aliphatic rings. The zero-order chi connectivity index (χ0) is 12.1. The van der Waals surface area contributed by atoms with Crippen LogP contribution in [-0.4, -0.2) is 49.4 Å². The zero-order valence-electron chi connectivity index (χ0n) is 10.2. The van der Waals surface area contributed by atoms with Crippen molar-refractivity contribution in [3.8, 4) is 5.75 Å². The fourth-order valence-corrected chi connectivity index (χ4v) is 2.13. The van der Waals surface area contributed by atoms with Crippen LogP contribution in [0, 0.1) is 0 Å². The minimum atomic E-state index is -0.328. The van der Waals surface area contributed by atoms with Gasteiger partial charge in [0.2, 0.25) is 0 Å². The highest BCUT2D eigenvalue weighted by Crippen LogP contribution is 2.22. The number of nitrogens with zero attached hydrogens (tertiary/aromatic N) is 1. The maximum absolute atomic E-state index is 9.80. The second-order valence-electron chi connectivity index (χ2n) is 4.40. The Morgan fingerprint density at radius 2 is 2.29 bits per heavy atom. The second-order valence-corrected chi connectivity index (χ2v) is 4.40. The summed E-state index contributed by atoms with van der Waals surface area (Å²) >= 11 is 0. The third-order valence-corrected chi connectivity index (χ3v) is 2.94. The van der Waals surface area contributed by atoms with Crippen LogP contribution in [0.2, 0.25) is 0 Å². The molecule has 1 aromatic rings. The van der Waals surface area contributed by atoms with E-state index in [2.05, 4.69) is 16.3 Å². The van der Waals surface area contributed by atoms with Crippen LogP contribution in [0.5, 0.6) is 5.75 Å². The summed E-state index contributed by atoms with van der Waals surface area (Å²) in [6.07, 6.45) is -0.328. The third kappa shape index (κ3) is 3.43. The molecule has 94 valence electrons. The van der Waals surface area contributed by atoms with Crippen molar-refractivity contribution in [2.24, 2.45) is 0 Å². The number of nitrogens with one attached hydrogen (secondary N) is 1. The van der Waals surface area contributed by atoms with Gasteiger partial charge in [0.05, 0.1) is 6.10 Å². The monoisotopic (exact) mass is 236 g/mol. The van der Waals surface area contributed by atoms with Crippen molar-refractivity contribution in [1.82, 2.24) is 10.2 Å². The minimum Gasteiger partial charge on any atom is -0.492 e. The molecule has 0 aliphatic carbocycles. The standard InChI is InChI=1S/C13H20N2O2/c1-14-8-12(16)10-15-6-7-17-13-5-3-2-4-11(13)9-15/h2-5,12,14,16H,6-10H2,1H3. The topological polar surface area (TPSA) is 44.7 Å². The molecule has 0 spiro atoms. The zero-order valence-corrected chi connectivity index (χ0v) is 10.2. The van der Waals surface area contributed by atoms with Gasteiger partial charge in [0.15, 0.2) is 0 Å². The van der Waals surface area contributed by atoms with Crippen molar-refractivity contribution in [2.45, 2.75) is 12.6 Å². The maximum atomic E-state index is 9.80. The van der Waals surface area contributed by atoms with Crippen molar-refractivity contribution >= 4 is 0 Å². The Morgan fingerprint density at radius 3 is 3.12 bits per heavy atom. The highest BCUT2D eigenvalue weighted by Gasteiger charge is 2.17. The van der Waals surface area contributed by atoms with E-state index in [1.165, 1.54) is 5.56 Å². The summed E-state index contributed by atoms with van der Waals surface area (Å²) in [7, 11) is 1.85. The molecule has 0 saturated carbocycles. The van der Waals surface area contributed by atoms with E-state index in [0.29, 0.717) is 19.7 Å². The summed E-state index contributed by atoms with van der Waals surface area (Å²) in [5, 5.41) is 12.8. The van der Waals surface area contributed by atoms with E-state index in [0.717, 1.165) is 18.8 Å². The minimum absolute atomic E-state index is 0.328. The molecule has 1 heterocycles. The van der Waals surface area contributed by atoms with Crippen LogP contribution in [0.15, 0.2) is 24.3 Å². The normalized spacial score (nSPS) is 18.0. The molecule has 4 nitrogen and oxygen atoms in total. The quantitative estimate of drug-likeness (QED) is 0.797. The number of likely N-dealkylation sites (N-methyl/N-ethyl adjacent to an activating group) is 1. The molecule has 0 amide bonds. The van der Waals surface area contributed by atoms with Gasteiger partial charge in [0, 0.05) is 31.7 Å². The predicted molar refractivity (Wildman–Crippen MR) is 67.1 cm³/mol. The Bertz CT molecular complexity index is 357. The van der Waals surface area contributed by atoms with Gasteiger partial charge in [-0.3, -0.25) is 4.90 Å². The van der Waals surface area contributed by atoms with Crippen molar-refractivity contribution in [3.63, 3.8) is 0 Å². The van der Waals surface area contributed by atoms with Crippen LogP contribution in [0.3, 0.4) is 0 Å². The number of fused-ring (bicyclic) bond motifs is 1. The molecule has 0 radical (unpaired) electrons. The van der Waals surface area contributed by atoms with Crippen LogP contribution in [0.1, 0.15) is 5.56 Å². The molecule has 0 saturated heterocycles. The Balaban J connectivity index is 1.98. The number of hydrogen-bond donors (Lipinski definition) is 2. The van der Waals surface area contributed by atoms with Gasteiger partial charge in [-0.15, -0.1) is 0 Å². The van der Waals surface area contributed by atoms with Crippen LogP contribution >= 0.6 is 0 Å². The number of ether oxygens (including phenoxy) is 1. The molecule has 2 N–H and O–H groups in total. The molecular formula is C13H20N2O2. The maximum Gasteiger partial charge on any atom is 0.123 e. The summed E-state index contributed by atoms with van der Waals surface area (Å²) in [5.41, 5.74) is 1.20. The Morgan fingerprint density at radius 1 is 1.47 bits per heavy atom. The lowest BCUT2D eigenvalue weighted by Crippen LogP contribution is -2.38. The Labute approximate surface area is 102 Å². The Hall–Kier alpha value is -1.10. The number of rotatable bonds is 4. The number of benzene rings is 1. The van der Waals surface area contributed by atoms with Crippen molar-refractivity contribution in [1.29, 1.82) is 0 Å². The Kier molecular flexibility index (Phi) is 4.36. The number of aliphatic hydroxyl groups is 1. The van der Waals surface area contributed by atoms with Gasteiger partial charge in [-0.1, -0.05) is 18.2 Å². The number of β-amino-alcohol motifs (C(OH)–C–C–N with tert-alkyl or cyclic N) is 1. The molecule has 1 atom stereocenters. The highest BCUT2D eigenvalue weighted by atomic mass is 16.5. The summed E-state index contributed by atoms with van der Waals surface area (Å²) < 4.78 is 5.68. The van der Waals surface area contributed by atoms with Gasteiger partial charge >= 0.3 is 0 Å². The van der Waals surface area contributed by atoms with E-state index in [4.69, 9.17) is 4.74 Å². The third-order valence-electron chi connectivity index (χ3n) is 2.94. The smallest absolute Gasteiger partial charge is 0.123 e. The van der Waals surface area contributed by atoms with Crippen molar-refractivity contribution in [3.05, 3.63) is 29.8 Å². The molecule has 1 aromatic carbocycles. The van der Waals surface area contributed by atoms with Crippen molar-refractivity contribution in [2.75, 3.05) is 33.3 Å². The molecule has 0 fully saturated rings. The largest absolute Gasteiger partial charge is 0.492 e. The van der Waals surface area contributed by atoms with E-state index in [-0.39, 0.29) is 6.10 Å². The molecule has 17 heavy (non-hydrogen) atoms. The van der Waals surface area contributed by atoms with Crippen LogP contribution in [-0.2, 0) is 6.54 Å². The van der Waals surface area contributed by atoms with Gasteiger partial charge in [0.25, 0.3) is 0 Å². The first-order chi connectivity index (χ1) is 8.29. The summed E-state index contributed by atoms with van der Waals surface area (Å²) in [4.78, 5) is 2.23. The molecule has 1 aliphatic heterocycles. The fourth-order valence-electron chi connectivity index (χ4n) is 2.13. The van der Waals surface area contributed by atoms with Crippen LogP contribution in [0.4, 0.5) is 0 Å². The van der Waals surface area contributed by atoms with Crippen LogP contribution in [0.25, 0.3) is 0 Å². The summed E-state index contributed by atoms with van der Waals surface area (Å²) in [5.74, 6) is 0.970. The molecule has 2 rings (SSSR count). The van der Waals surface area contributed by atoms with Gasteiger partial charge in [-0.05, 0) is 13.1 Å². The molecule has 0 aromatic heterocycles. The molecule has 0 bridgehead atoms. The first-order valence-corrected chi connectivity index (χ1v) is 6.05.